The summed E-state index contributed by atoms with van der Waals surface area (Å²) in [7, 11) is 0. The number of benzene rings is 1. The minimum atomic E-state index is 0.330. The van der Waals surface area contributed by atoms with Gasteiger partial charge in [-0.05, 0) is 40.2 Å². The molecule has 0 bridgehead atoms. The van der Waals surface area contributed by atoms with Gasteiger partial charge in [-0.3, -0.25) is 0 Å². The normalized spacial score (nSPS) is 14.4. The number of anilines is 4. The van der Waals surface area contributed by atoms with E-state index in [9.17, 15) is 0 Å². The van der Waals surface area contributed by atoms with E-state index in [4.69, 9.17) is 9.15 Å². The van der Waals surface area contributed by atoms with E-state index in [1.807, 2.05) is 30.3 Å². The van der Waals surface area contributed by atoms with Gasteiger partial charge in [0.1, 0.15) is 5.76 Å². The number of morpholine rings is 1. The lowest BCUT2D eigenvalue weighted by atomic mass is 10.3. The Labute approximate surface area is 170 Å². The number of nitrogens with one attached hydrogen (secondary N) is 2. The number of aromatic nitrogens is 3. The Morgan fingerprint density at radius 3 is 2.54 bits per heavy atom. The van der Waals surface area contributed by atoms with Crippen molar-refractivity contribution in [3.05, 3.63) is 52.9 Å². The average molecular weight is 444 g/mol. The molecule has 3 heterocycles. The molecule has 9 nitrogen and oxygen atoms in total. The third-order valence-electron chi connectivity index (χ3n) is 3.90. The number of nitrogens with zero attached hydrogens (tertiary/aromatic N) is 5. The number of hydrogen-bond acceptors (Lipinski definition) is 9. The van der Waals surface area contributed by atoms with Crippen LogP contribution in [-0.2, 0) is 4.74 Å². The van der Waals surface area contributed by atoms with Gasteiger partial charge in [-0.15, -0.1) is 0 Å². The second kappa shape index (κ2) is 8.81. The predicted molar refractivity (Wildman–Crippen MR) is 110 cm³/mol. The SMILES string of the molecule is Brc1ccc(/C=N\Nc2nc(Nc3ccccc3)nc(N3CCOCC3)n2)o1. The molecular weight excluding hydrogens is 426 g/mol. The second-order valence-electron chi connectivity index (χ2n) is 5.88. The molecule has 0 atom stereocenters. The third kappa shape index (κ3) is 4.84. The maximum Gasteiger partial charge on any atom is 0.250 e. The molecular formula is C18H18BrN7O2. The molecule has 2 N–H and O–H groups in total. The molecule has 1 aliphatic heterocycles. The van der Waals surface area contributed by atoms with Crippen LogP contribution in [0.25, 0.3) is 0 Å². The Kier molecular flexibility index (Phi) is 5.78. The molecule has 0 spiro atoms. The van der Waals surface area contributed by atoms with E-state index in [1.54, 1.807) is 18.3 Å². The number of hydrazone groups is 1. The van der Waals surface area contributed by atoms with E-state index < -0.39 is 0 Å². The Bertz CT molecular complexity index is 942. The molecule has 0 saturated carbocycles. The Morgan fingerprint density at radius 1 is 1.00 bits per heavy atom. The summed E-state index contributed by atoms with van der Waals surface area (Å²) in [5.74, 6) is 1.93. The summed E-state index contributed by atoms with van der Waals surface area (Å²) < 4.78 is 11.4. The minimum absolute atomic E-state index is 0.330. The average Bonchev–Trinajstić information content (AvgIpc) is 3.14. The van der Waals surface area contributed by atoms with Crippen LogP contribution in [-0.4, -0.2) is 47.5 Å². The number of furan rings is 1. The fourth-order valence-electron chi connectivity index (χ4n) is 2.58. The summed E-state index contributed by atoms with van der Waals surface area (Å²) in [5.41, 5.74) is 3.73. The van der Waals surface area contributed by atoms with Gasteiger partial charge in [0.25, 0.3) is 0 Å². The van der Waals surface area contributed by atoms with Crippen LogP contribution in [0.4, 0.5) is 23.5 Å². The molecule has 0 aliphatic carbocycles. The lowest BCUT2D eigenvalue weighted by molar-refractivity contribution is 0.122. The molecule has 3 aromatic rings. The molecule has 1 aromatic carbocycles. The van der Waals surface area contributed by atoms with E-state index in [1.165, 1.54) is 0 Å². The van der Waals surface area contributed by atoms with Gasteiger partial charge in [0, 0.05) is 18.8 Å². The van der Waals surface area contributed by atoms with E-state index in [-0.39, 0.29) is 0 Å². The van der Waals surface area contributed by atoms with Crippen LogP contribution in [0.5, 0.6) is 0 Å². The van der Waals surface area contributed by atoms with E-state index in [0.717, 1.165) is 18.8 Å². The van der Waals surface area contributed by atoms with Gasteiger partial charge in [0.05, 0.1) is 19.4 Å². The lowest BCUT2D eigenvalue weighted by Crippen LogP contribution is -2.37. The van der Waals surface area contributed by atoms with Gasteiger partial charge >= 0.3 is 0 Å². The molecule has 0 radical (unpaired) electrons. The zero-order chi connectivity index (χ0) is 19.2. The molecule has 1 saturated heterocycles. The van der Waals surface area contributed by atoms with Crippen LogP contribution in [0.3, 0.4) is 0 Å². The third-order valence-corrected chi connectivity index (χ3v) is 4.32. The second-order valence-corrected chi connectivity index (χ2v) is 6.67. The van der Waals surface area contributed by atoms with Gasteiger partial charge in [-0.25, -0.2) is 5.43 Å². The molecule has 4 rings (SSSR count). The summed E-state index contributed by atoms with van der Waals surface area (Å²) in [6, 6.07) is 13.3. The van der Waals surface area contributed by atoms with Crippen LogP contribution >= 0.6 is 15.9 Å². The van der Waals surface area contributed by atoms with Crippen molar-refractivity contribution < 1.29 is 9.15 Å². The Hall–Kier alpha value is -2.98. The first-order chi connectivity index (χ1) is 13.8. The number of hydrogen-bond donors (Lipinski definition) is 2. The highest BCUT2D eigenvalue weighted by Crippen LogP contribution is 2.18. The molecule has 10 heteroatoms. The van der Waals surface area contributed by atoms with Crippen molar-refractivity contribution in [2.45, 2.75) is 0 Å². The fraction of sp³-hybridized carbons (Fsp3) is 0.222. The van der Waals surface area contributed by atoms with Gasteiger partial charge < -0.3 is 19.4 Å². The highest BCUT2D eigenvalue weighted by molar-refractivity contribution is 9.10. The molecule has 2 aromatic heterocycles. The topological polar surface area (TPSA) is 101 Å². The monoisotopic (exact) mass is 443 g/mol. The predicted octanol–water partition coefficient (Wildman–Crippen LogP) is 3.25. The zero-order valence-corrected chi connectivity index (χ0v) is 16.5. The standard InChI is InChI=1S/C18H18BrN7O2/c19-15-7-6-14(28-15)12-20-25-17-22-16(21-13-4-2-1-3-5-13)23-18(24-17)26-8-10-27-11-9-26/h1-7,12H,8-11H2,(H2,21,22,23,24,25)/b20-12-. The van der Waals surface area contributed by atoms with Crippen molar-refractivity contribution in [1.29, 1.82) is 0 Å². The molecule has 0 unspecified atom stereocenters. The van der Waals surface area contributed by atoms with E-state index >= 15 is 0 Å². The maximum atomic E-state index is 5.41. The number of rotatable bonds is 6. The van der Waals surface area contributed by atoms with Crippen LogP contribution in [0.15, 0.2) is 56.7 Å². The first kappa shape index (κ1) is 18.4. The smallest absolute Gasteiger partial charge is 0.250 e. The van der Waals surface area contributed by atoms with E-state index in [2.05, 4.69) is 51.6 Å². The first-order valence-corrected chi connectivity index (χ1v) is 9.51. The minimum Gasteiger partial charge on any atom is -0.448 e. The number of para-hydroxylation sites is 1. The van der Waals surface area contributed by atoms with Crippen molar-refractivity contribution in [2.24, 2.45) is 5.10 Å². The quantitative estimate of drug-likeness (QED) is 0.442. The van der Waals surface area contributed by atoms with Crippen LogP contribution in [0, 0.1) is 0 Å². The summed E-state index contributed by atoms with van der Waals surface area (Å²) in [6.45, 7) is 2.72. The summed E-state index contributed by atoms with van der Waals surface area (Å²) in [5, 5.41) is 7.34. The molecule has 1 fully saturated rings. The fourth-order valence-corrected chi connectivity index (χ4v) is 2.90. The number of ether oxygens (including phenoxy) is 1. The zero-order valence-electron chi connectivity index (χ0n) is 14.9. The van der Waals surface area contributed by atoms with Crippen molar-refractivity contribution in [1.82, 2.24) is 15.0 Å². The highest BCUT2D eigenvalue weighted by atomic mass is 79.9. The van der Waals surface area contributed by atoms with Crippen LogP contribution < -0.4 is 15.6 Å². The van der Waals surface area contributed by atoms with Crippen molar-refractivity contribution >= 4 is 45.7 Å². The largest absolute Gasteiger partial charge is 0.448 e. The maximum absolute atomic E-state index is 5.41. The van der Waals surface area contributed by atoms with Gasteiger partial charge in [-0.1, -0.05) is 18.2 Å². The Balaban J connectivity index is 1.56. The molecule has 1 aliphatic rings. The van der Waals surface area contributed by atoms with Gasteiger partial charge in [0.15, 0.2) is 4.67 Å². The molecule has 28 heavy (non-hydrogen) atoms. The highest BCUT2D eigenvalue weighted by Gasteiger charge is 2.16. The van der Waals surface area contributed by atoms with Gasteiger partial charge in [-0.2, -0.15) is 20.1 Å². The lowest BCUT2D eigenvalue weighted by Gasteiger charge is -2.27. The summed E-state index contributed by atoms with van der Waals surface area (Å²) in [4.78, 5) is 15.5. The summed E-state index contributed by atoms with van der Waals surface area (Å²) >= 11 is 3.26. The molecule has 144 valence electrons. The van der Waals surface area contributed by atoms with Crippen molar-refractivity contribution in [3.8, 4) is 0 Å². The first-order valence-electron chi connectivity index (χ1n) is 8.71. The van der Waals surface area contributed by atoms with Crippen molar-refractivity contribution in [2.75, 3.05) is 41.9 Å². The van der Waals surface area contributed by atoms with Gasteiger partial charge in [0.2, 0.25) is 17.8 Å². The molecule has 0 amide bonds. The summed E-state index contributed by atoms with van der Waals surface area (Å²) in [6.07, 6.45) is 1.55. The number of halogens is 1. The Morgan fingerprint density at radius 2 is 1.79 bits per heavy atom. The van der Waals surface area contributed by atoms with E-state index in [0.29, 0.717) is 41.5 Å². The van der Waals surface area contributed by atoms with Crippen LogP contribution in [0.2, 0.25) is 0 Å². The van der Waals surface area contributed by atoms with Crippen LogP contribution in [0.1, 0.15) is 5.76 Å². The van der Waals surface area contributed by atoms with Crippen molar-refractivity contribution in [3.63, 3.8) is 0 Å².